The van der Waals surface area contributed by atoms with Crippen LogP contribution in [-0.4, -0.2) is 35.6 Å². The Labute approximate surface area is 122 Å². The predicted octanol–water partition coefficient (Wildman–Crippen LogP) is 2.60. The number of fused-ring (bicyclic) bond motifs is 1. The number of nitrogens with one attached hydrogen (secondary N) is 1. The topological polar surface area (TPSA) is 49.4 Å². The molecule has 4 nitrogen and oxygen atoms in total. The number of carbonyl (C=O) groups excluding carboxylic acids is 2. The van der Waals surface area contributed by atoms with Crippen molar-refractivity contribution in [3.8, 4) is 0 Å². The lowest BCUT2D eigenvalue weighted by atomic mass is 9.98. The van der Waals surface area contributed by atoms with Gasteiger partial charge in [-0.25, -0.2) is 0 Å². The fourth-order valence-electron chi connectivity index (χ4n) is 2.61. The summed E-state index contributed by atoms with van der Waals surface area (Å²) in [6, 6.07) is 5.60. The zero-order valence-electron chi connectivity index (χ0n) is 11.5. The van der Waals surface area contributed by atoms with E-state index in [1.807, 2.05) is 17.0 Å². The van der Waals surface area contributed by atoms with Gasteiger partial charge in [0.05, 0.1) is 11.4 Å². The van der Waals surface area contributed by atoms with E-state index in [0.717, 1.165) is 36.5 Å². The van der Waals surface area contributed by atoms with Gasteiger partial charge in [0.25, 0.3) is 5.91 Å². The summed E-state index contributed by atoms with van der Waals surface area (Å²) in [5.41, 5.74) is 1.43. The summed E-state index contributed by atoms with van der Waals surface area (Å²) in [6.45, 7) is 3.89. The van der Waals surface area contributed by atoms with E-state index in [0.29, 0.717) is 17.2 Å². The molecule has 0 aromatic heterocycles. The van der Waals surface area contributed by atoms with Crippen LogP contribution in [0.25, 0.3) is 0 Å². The summed E-state index contributed by atoms with van der Waals surface area (Å²) in [5, 5.41) is 2.83. The number of amides is 2. The maximum Gasteiger partial charge on any atom is 0.253 e. The van der Waals surface area contributed by atoms with Crippen molar-refractivity contribution in [2.75, 3.05) is 24.2 Å². The van der Waals surface area contributed by atoms with E-state index >= 15 is 0 Å². The molecule has 1 aromatic rings. The lowest BCUT2D eigenvalue weighted by Crippen LogP contribution is -2.38. The molecular formula is C15H18N2O2S. The zero-order chi connectivity index (χ0) is 14.1. The average Bonchev–Trinajstić information content (AvgIpc) is 2.46. The molecule has 0 atom stereocenters. The number of rotatable bonds is 1. The van der Waals surface area contributed by atoms with E-state index in [9.17, 15) is 9.59 Å². The molecule has 1 N–H and O–H groups in total. The maximum absolute atomic E-state index is 12.5. The van der Waals surface area contributed by atoms with E-state index in [1.54, 1.807) is 6.07 Å². The van der Waals surface area contributed by atoms with Crippen molar-refractivity contribution in [2.24, 2.45) is 5.92 Å². The highest BCUT2D eigenvalue weighted by Gasteiger charge is 2.23. The minimum Gasteiger partial charge on any atom is -0.339 e. The van der Waals surface area contributed by atoms with Gasteiger partial charge in [-0.2, -0.15) is 0 Å². The van der Waals surface area contributed by atoms with E-state index in [2.05, 4.69) is 12.2 Å². The number of hydrogen-bond acceptors (Lipinski definition) is 3. The van der Waals surface area contributed by atoms with Crippen molar-refractivity contribution in [3.05, 3.63) is 23.8 Å². The number of thioether (sulfide) groups is 1. The molecular weight excluding hydrogens is 272 g/mol. The molecule has 3 rings (SSSR count). The number of carbonyl (C=O) groups is 2. The van der Waals surface area contributed by atoms with Gasteiger partial charge in [-0.15, -0.1) is 11.8 Å². The van der Waals surface area contributed by atoms with Crippen LogP contribution in [0.1, 0.15) is 30.1 Å². The predicted molar refractivity (Wildman–Crippen MR) is 80.1 cm³/mol. The van der Waals surface area contributed by atoms with Gasteiger partial charge in [0.1, 0.15) is 0 Å². The number of nitrogens with zero attached hydrogens (tertiary/aromatic N) is 1. The van der Waals surface area contributed by atoms with Gasteiger partial charge < -0.3 is 10.2 Å². The van der Waals surface area contributed by atoms with Crippen LogP contribution in [0.3, 0.4) is 0 Å². The molecule has 0 unspecified atom stereocenters. The van der Waals surface area contributed by atoms with Crippen LogP contribution in [0.15, 0.2) is 23.1 Å². The third-order valence-electron chi connectivity index (χ3n) is 3.93. The molecule has 0 aliphatic carbocycles. The Bertz CT molecular complexity index is 551. The molecule has 1 saturated heterocycles. The van der Waals surface area contributed by atoms with Crippen molar-refractivity contribution in [1.29, 1.82) is 0 Å². The van der Waals surface area contributed by atoms with Crippen LogP contribution in [0.2, 0.25) is 0 Å². The highest BCUT2D eigenvalue weighted by Crippen LogP contribution is 2.32. The summed E-state index contributed by atoms with van der Waals surface area (Å²) in [4.78, 5) is 26.8. The Morgan fingerprint density at radius 1 is 1.35 bits per heavy atom. The first-order valence-corrected chi connectivity index (χ1v) is 7.98. The van der Waals surface area contributed by atoms with Gasteiger partial charge in [0.15, 0.2) is 0 Å². The molecule has 106 valence electrons. The minimum absolute atomic E-state index is 0.00102. The fraction of sp³-hybridized carbons (Fsp3) is 0.467. The standard InChI is InChI=1S/C15H18N2O2S/c1-10-4-6-17(7-5-10)15(19)11-2-3-13-12(8-11)16-14(18)9-20-13/h2-3,8,10H,4-7,9H2,1H3,(H,16,18). The van der Waals surface area contributed by atoms with Crippen LogP contribution in [0.5, 0.6) is 0 Å². The summed E-state index contributed by atoms with van der Waals surface area (Å²) < 4.78 is 0. The molecule has 2 heterocycles. The molecule has 20 heavy (non-hydrogen) atoms. The van der Waals surface area contributed by atoms with Crippen molar-refractivity contribution in [3.63, 3.8) is 0 Å². The summed E-state index contributed by atoms with van der Waals surface area (Å²) >= 11 is 1.52. The van der Waals surface area contributed by atoms with Crippen molar-refractivity contribution in [1.82, 2.24) is 4.90 Å². The van der Waals surface area contributed by atoms with Crippen LogP contribution < -0.4 is 5.32 Å². The second-order valence-corrected chi connectivity index (χ2v) is 6.54. The van der Waals surface area contributed by atoms with E-state index in [-0.39, 0.29) is 11.8 Å². The Hall–Kier alpha value is -1.49. The van der Waals surface area contributed by atoms with E-state index in [1.165, 1.54) is 11.8 Å². The number of anilines is 1. The Morgan fingerprint density at radius 3 is 2.85 bits per heavy atom. The van der Waals surface area contributed by atoms with Gasteiger partial charge in [0.2, 0.25) is 5.91 Å². The lowest BCUT2D eigenvalue weighted by molar-refractivity contribution is -0.113. The first kappa shape index (κ1) is 13.5. The van der Waals surface area contributed by atoms with Crippen LogP contribution >= 0.6 is 11.8 Å². The van der Waals surface area contributed by atoms with Gasteiger partial charge in [0, 0.05) is 23.5 Å². The monoisotopic (exact) mass is 290 g/mol. The largest absolute Gasteiger partial charge is 0.339 e. The number of hydrogen-bond donors (Lipinski definition) is 1. The molecule has 0 spiro atoms. The quantitative estimate of drug-likeness (QED) is 0.865. The first-order chi connectivity index (χ1) is 9.63. The van der Waals surface area contributed by atoms with Gasteiger partial charge in [-0.3, -0.25) is 9.59 Å². The number of likely N-dealkylation sites (tertiary alicyclic amines) is 1. The molecule has 2 amide bonds. The second kappa shape index (κ2) is 5.48. The third-order valence-corrected chi connectivity index (χ3v) is 5.00. The van der Waals surface area contributed by atoms with Crippen molar-refractivity contribution in [2.45, 2.75) is 24.7 Å². The van der Waals surface area contributed by atoms with Gasteiger partial charge in [-0.05, 0) is 37.0 Å². The third kappa shape index (κ3) is 2.68. The van der Waals surface area contributed by atoms with Crippen molar-refractivity contribution >= 4 is 29.3 Å². The molecule has 1 fully saturated rings. The Balaban J connectivity index is 1.78. The molecule has 0 radical (unpaired) electrons. The van der Waals surface area contributed by atoms with Crippen LogP contribution in [0.4, 0.5) is 5.69 Å². The molecule has 0 saturated carbocycles. The Morgan fingerprint density at radius 2 is 2.10 bits per heavy atom. The molecule has 0 bridgehead atoms. The highest BCUT2D eigenvalue weighted by atomic mass is 32.2. The summed E-state index contributed by atoms with van der Waals surface area (Å²) in [6.07, 6.45) is 2.15. The smallest absolute Gasteiger partial charge is 0.253 e. The normalized spacial score (nSPS) is 19.4. The van der Waals surface area contributed by atoms with Crippen molar-refractivity contribution < 1.29 is 9.59 Å². The summed E-state index contributed by atoms with van der Waals surface area (Å²) in [5.74, 6) is 1.23. The molecule has 2 aliphatic rings. The Kier molecular flexibility index (Phi) is 3.70. The van der Waals surface area contributed by atoms with E-state index < -0.39 is 0 Å². The van der Waals surface area contributed by atoms with Crippen LogP contribution in [0, 0.1) is 5.92 Å². The first-order valence-electron chi connectivity index (χ1n) is 6.99. The van der Waals surface area contributed by atoms with Gasteiger partial charge >= 0.3 is 0 Å². The molecule has 1 aromatic carbocycles. The van der Waals surface area contributed by atoms with Crippen LogP contribution in [-0.2, 0) is 4.79 Å². The number of benzene rings is 1. The maximum atomic E-state index is 12.5. The van der Waals surface area contributed by atoms with Gasteiger partial charge in [-0.1, -0.05) is 6.92 Å². The second-order valence-electron chi connectivity index (χ2n) is 5.52. The van der Waals surface area contributed by atoms with E-state index in [4.69, 9.17) is 0 Å². The molecule has 5 heteroatoms. The SMILES string of the molecule is CC1CCN(C(=O)c2ccc3c(c2)NC(=O)CS3)CC1. The average molecular weight is 290 g/mol. The molecule has 2 aliphatic heterocycles. The fourth-order valence-corrected chi connectivity index (χ4v) is 3.40. The highest BCUT2D eigenvalue weighted by molar-refractivity contribution is 8.00. The lowest BCUT2D eigenvalue weighted by Gasteiger charge is -2.30. The number of piperidine rings is 1. The summed E-state index contributed by atoms with van der Waals surface area (Å²) in [7, 11) is 0. The minimum atomic E-state index is -0.00102. The zero-order valence-corrected chi connectivity index (χ0v) is 12.3.